The van der Waals surface area contributed by atoms with Crippen LogP contribution in [0.4, 0.5) is 8.78 Å². The largest absolute Gasteiger partial charge is 0.346 e. The fourth-order valence-corrected chi connectivity index (χ4v) is 3.05. The highest BCUT2D eigenvalue weighted by atomic mass is 32.1. The lowest BCUT2D eigenvalue weighted by atomic mass is 10.2. The highest BCUT2D eigenvalue weighted by molar-refractivity contribution is 7.12. The van der Waals surface area contributed by atoms with Crippen molar-refractivity contribution in [1.29, 1.82) is 0 Å². The molecule has 0 aliphatic heterocycles. The lowest BCUT2D eigenvalue weighted by Crippen LogP contribution is -2.23. The van der Waals surface area contributed by atoms with Crippen LogP contribution in [0, 0.1) is 11.6 Å². The fraction of sp³-hybridized carbons (Fsp3) is 0.0556. The van der Waals surface area contributed by atoms with Crippen molar-refractivity contribution in [2.24, 2.45) is 0 Å². The quantitative estimate of drug-likeness (QED) is 0.552. The molecule has 0 aliphatic rings. The summed E-state index contributed by atoms with van der Waals surface area (Å²) in [4.78, 5) is 24.6. The Balaban J connectivity index is 1.45. The first kappa shape index (κ1) is 17.9. The van der Waals surface area contributed by atoms with Gasteiger partial charge in [0.1, 0.15) is 17.3 Å². The van der Waals surface area contributed by atoms with Gasteiger partial charge < -0.3 is 9.84 Å². The minimum atomic E-state index is -0.727. The molecule has 10 heteroatoms. The van der Waals surface area contributed by atoms with Gasteiger partial charge in [0.2, 0.25) is 5.82 Å². The first-order chi connectivity index (χ1) is 13.6. The van der Waals surface area contributed by atoms with Crippen molar-refractivity contribution in [3.05, 3.63) is 70.3 Å². The van der Waals surface area contributed by atoms with E-state index < -0.39 is 17.5 Å². The Morgan fingerprint density at radius 2 is 1.96 bits per heavy atom. The minimum absolute atomic E-state index is 0.0907. The second-order valence-electron chi connectivity index (χ2n) is 5.62. The van der Waals surface area contributed by atoms with Gasteiger partial charge in [-0.15, -0.1) is 11.3 Å². The number of carbonyl (C=O) groups is 1. The highest BCUT2D eigenvalue weighted by Gasteiger charge is 2.17. The number of hydrogen-bond donors (Lipinski definition) is 1. The summed E-state index contributed by atoms with van der Waals surface area (Å²) in [6.45, 7) is -0.0907. The summed E-state index contributed by atoms with van der Waals surface area (Å²) in [6.07, 6.45) is 3.22. The van der Waals surface area contributed by atoms with Crippen LogP contribution < -0.4 is 5.32 Å². The molecule has 0 saturated heterocycles. The van der Waals surface area contributed by atoms with Gasteiger partial charge in [-0.2, -0.15) is 4.98 Å². The third-order valence-electron chi connectivity index (χ3n) is 3.74. The zero-order valence-electron chi connectivity index (χ0n) is 14.1. The van der Waals surface area contributed by atoms with Crippen LogP contribution in [0.1, 0.15) is 15.4 Å². The van der Waals surface area contributed by atoms with Crippen LogP contribution in [0.25, 0.3) is 23.0 Å². The molecular formula is C18H11F2N5O2S. The van der Waals surface area contributed by atoms with E-state index in [1.807, 2.05) is 0 Å². The Morgan fingerprint density at radius 1 is 1.14 bits per heavy atom. The number of pyridine rings is 1. The number of nitrogens with one attached hydrogen (secondary N) is 1. The number of nitrogens with zero attached hydrogens (tertiary/aromatic N) is 4. The fourth-order valence-electron chi connectivity index (χ4n) is 2.34. The number of hydrogen-bond acceptors (Lipinski definition) is 7. The minimum Gasteiger partial charge on any atom is -0.346 e. The third-order valence-corrected chi connectivity index (χ3v) is 4.58. The number of aromatic nitrogens is 4. The summed E-state index contributed by atoms with van der Waals surface area (Å²) in [5, 5.41) is 8.19. The van der Waals surface area contributed by atoms with Crippen molar-refractivity contribution < 1.29 is 18.1 Å². The smallest absolute Gasteiger partial charge is 0.280 e. The van der Waals surface area contributed by atoms with E-state index in [0.717, 1.165) is 29.0 Å². The van der Waals surface area contributed by atoms with Crippen molar-refractivity contribution in [3.8, 4) is 23.0 Å². The SMILES string of the molecule is O=C(NCc1ccc(F)cc1F)c1nc(-c2nc(-c3ccncc3)no2)cs1. The van der Waals surface area contributed by atoms with Crippen LogP contribution in [0.15, 0.2) is 52.6 Å². The van der Waals surface area contributed by atoms with Gasteiger partial charge in [-0.1, -0.05) is 11.2 Å². The topological polar surface area (TPSA) is 93.8 Å². The zero-order valence-corrected chi connectivity index (χ0v) is 14.9. The molecule has 1 amide bonds. The summed E-state index contributed by atoms with van der Waals surface area (Å²) >= 11 is 1.08. The molecule has 4 aromatic rings. The average Bonchev–Trinajstić information content (AvgIpc) is 3.37. The molecule has 140 valence electrons. The molecule has 0 aliphatic carbocycles. The summed E-state index contributed by atoms with van der Waals surface area (Å²) < 4.78 is 31.8. The monoisotopic (exact) mass is 399 g/mol. The lowest BCUT2D eigenvalue weighted by molar-refractivity contribution is 0.0950. The summed E-state index contributed by atoms with van der Waals surface area (Å²) in [7, 11) is 0. The van der Waals surface area contributed by atoms with Crippen molar-refractivity contribution >= 4 is 17.2 Å². The molecule has 0 bridgehead atoms. The number of halogens is 2. The van der Waals surface area contributed by atoms with E-state index in [9.17, 15) is 13.6 Å². The summed E-state index contributed by atoms with van der Waals surface area (Å²) in [5.74, 6) is -1.35. The number of amides is 1. The van der Waals surface area contributed by atoms with Crippen molar-refractivity contribution in [1.82, 2.24) is 25.4 Å². The maximum Gasteiger partial charge on any atom is 0.280 e. The Labute approximate surface area is 161 Å². The van der Waals surface area contributed by atoms with E-state index in [2.05, 4.69) is 25.4 Å². The van der Waals surface area contributed by atoms with Crippen LogP contribution in [0.2, 0.25) is 0 Å². The van der Waals surface area contributed by atoms with Crippen LogP contribution >= 0.6 is 11.3 Å². The number of carbonyl (C=O) groups excluding carboxylic acids is 1. The molecule has 3 heterocycles. The molecule has 0 unspecified atom stereocenters. The maximum absolute atomic E-state index is 13.6. The Kier molecular flexibility index (Phi) is 4.85. The summed E-state index contributed by atoms with van der Waals surface area (Å²) in [6, 6.07) is 6.64. The van der Waals surface area contributed by atoms with Gasteiger partial charge in [-0.3, -0.25) is 9.78 Å². The van der Waals surface area contributed by atoms with E-state index in [1.54, 1.807) is 29.9 Å². The molecule has 1 N–H and O–H groups in total. The Morgan fingerprint density at radius 3 is 2.75 bits per heavy atom. The van der Waals surface area contributed by atoms with Crippen molar-refractivity contribution in [2.45, 2.75) is 6.54 Å². The summed E-state index contributed by atoms with van der Waals surface area (Å²) in [5.41, 5.74) is 1.26. The first-order valence-corrected chi connectivity index (χ1v) is 8.90. The second kappa shape index (κ2) is 7.61. The van der Waals surface area contributed by atoms with Gasteiger partial charge in [0.15, 0.2) is 5.01 Å². The highest BCUT2D eigenvalue weighted by Crippen LogP contribution is 2.23. The van der Waals surface area contributed by atoms with Crippen LogP contribution in [-0.4, -0.2) is 26.0 Å². The maximum atomic E-state index is 13.6. The van der Waals surface area contributed by atoms with E-state index in [0.29, 0.717) is 11.5 Å². The molecule has 4 rings (SSSR count). The second-order valence-corrected chi connectivity index (χ2v) is 6.47. The van der Waals surface area contributed by atoms with E-state index in [4.69, 9.17) is 4.52 Å². The average molecular weight is 399 g/mol. The molecule has 1 aromatic carbocycles. The first-order valence-electron chi connectivity index (χ1n) is 8.02. The molecule has 0 spiro atoms. The van der Waals surface area contributed by atoms with Gasteiger partial charge in [-0.25, -0.2) is 13.8 Å². The van der Waals surface area contributed by atoms with Crippen LogP contribution in [0.5, 0.6) is 0 Å². The van der Waals surface area contributed by atoms with Gasteiger partial charge in [0.25, 0.3) is 11.8 Å². The molecule has 0 saturated carbocycles. The van der Waals surface area contributed by atoms with E-state index >= 15 is 0 Å². The lowest BCUT2D eigenvalue weighted by Gasteiger charge is -2.04. The Hall–Kier alpha value is -3.53. The molecule has 0 atom stereocenters. The van der Waals surface area contributed by atoms with Gasteiger partial charge in [0.05, 0.1) is 0 Å². The zero-order chi connectivity index (χ0) is 19.5. The van der Waals surface area contributed by atoms with Gasteiger partial charge >= 0.3 is 0 Å². The Bertz CT molecular complexity index is 1130. The van der Waals surface area contributed by atoms with E-state index in [-0.39, 0.29) is 23.0 Å². The molecule has 7 nitrogen and oxygen atoms in total. The standard InChI is InChI=1S/C18H11F2N5O2S/c19-12-2-1-11(13(20)7-12)8-22-16(26)18-23-14(9-28-18)17-24-15(25-27-17)10-3-5-21-6-4-10/h1-7,9H,8H2,(H,22,26). The third kappa shape index (κ3) is 3.76. The van der Waals surface area contributed by atoms with Crippen LogP contribution in [0.3, 0.4) is 0 Å². The van der Waals surface area contributed by atoms with Crippen molar-refractivity contribution in [3.63, 3.8) is 0 Å². The predicted molar refractivity (Wildman–Crippen MR) is 96.2 cm³/mol. The van der Waals surface area contributed by atoms with Gasteiger partial charge in [0, 0.05) is 41.5 Å². The van der Waals surface area contributed by atoms with E-state index in [1.165, 1.54) is 6.07 Å². The molecule has 3 aromatic heterocycles. The molecule has 28 heavy (non-hydrogen) atoms. The van der Waals surface area contributed by atoms with Crippen LogP contribution in [-0.2, 0) is 6.54 Å². The normalized spacial score (nSPS) is 10.8. The number of thiazole rings is 1. The van der Waals surface area contributed by atoms with Gasteiger partial charge in [-0.05, 0) is 18.2 Å². The molecule has 0 fully saturated rings. The number of rotatable bonds is 5. The molecular weight excluding hydrogens is 388 g/mol. The number of benzene rings is 1. The van der Waals surface area contributed by atoms with Crippen molar-refractivity contribution in [2.75, 3.05) is 0 Å². The predicted octanol–water partition coefficient (Wildman–Crippen LogP) is 3.46. The molecule has 0 radical (unpaired) electrons.